The molecule has 0 unspecified atom stereocenters. The Bertz CT molecular complexity index is 1360. The maximum absolute atomic E-state index is 12.3. The molecule has 4 aromatic rings. The number of halogens is 2. The zero-order valence-corrected chi connectivity index (χ0v) is 23.6. The maximum Gasteiger partial charge on any atom is 0.252 e. The van der Waals surface area contributed by atoms with Crippen LogP contribution in [-0.4, -0.2) is 28.6 Å². The summed E-state index contributed by atoms with van der Waals surface area (Å²) < 4.78 is 8.35. The maximum atomic E-state index is 12.3. The topological polar surface area (TPSA) is 56.1 Å². The third-order valence-electron chi connectivity index (χ3n) is 6.67. The molecule has 1 heterocycles. The fraction of sp³-hybridized carbons (Fsp3) is 0.355. The summed E-state index contributed by atoms with van der Waals surface area (Å²) in [4.78, 5) is 17.2. The summed E-state index contributed by atoms with van der Waals surface area (Å²) in [5.41, 5.74) is 4.82. The van der Waals surface area contributed by atoms with Crippen molar-refractivity contribution in [2.75, 3.05) is 13.2 Å². The molecule has 0 aliphatic rings. The van der Waals surface area contributed by atoms with Crippen molar-refractivity contribution in [3.8, 4) is 5.75 Å². The minimum absolute atomic E-state index is 0.122. The van der Waals surface area contributed by atoms with Crippen molar-refractivity contribution in [2.24, 2.45) is 0 Å². The van der Waals surface area contributed by atoms with E-state index in [1.807, 2.05) is 44.2 Å². The third kappa shape index (κ3) is 7.30. The van der Waals surface area contributed by atoms with Crippen LogP contribution in [0.5, 0.6) is 5.75 Å². The number of carbonyl (C=O) groups is 1. The Morgan fingerprint density at radius 2 is 1.66 bits per heavy atom. The molecule has 1 N–H and O–H groups in total. The number of unbranched alkanes of at least 4 members (excludes halogenated alkanes) is 3. The van der Waals surface area contributed by atoms with Crippen LogP contribution in [0.3, 0.4) is 0 Å². The van der Waals surface area contributed by atoms with E-state index in [1.54, 1.807) is 12.1 Å². The second kappa shape index (κ2) is 13.7. The molecular weight excluding hydrogens is 517 g/mol. The quantitative estimate of drug-likeness (QED) is 0.171. The number of nitrogens with one attached hydrogen (secondary N) is 1. The zero-order chi connectivity index (χ0) is 26.9. The first-order chi connectivity index (χ1) is 18.4. The number of ether oxygens (including phenoxy) is 1. The van der Waals surface area contributed by atoms with Crippen molar-refractivity contribution in [3.05, 3.63) is 93.2 Å². The minimum atomic E-state index is -0.122. The summed E-state index contributed by atoms with van der Waals surface area (Å²) in [7, 11) is 0. The monoisotopic (exact) mass is 551 g/mol. The first-order valence-electron chi connectivity index (χ1n) is 13.3. The molecule has 0 saturated heterocycles. The number of benzene rings is 3. The van der Waals surface area contributed by atoms with E-state index in [-0.39, 0.29) is 5.91 Å². The summed E-state index contributed by atoms with van der Waals surface area (Å²) in [6, 6.07) is 19.4. The Morgan fingerprint density at radius 1 is 0.921 bits per heavy atom. The van der Waals surface area contributed by atoms with Crippen molar-refractivity contribution in [1.29, 1.82) is 0 Å². The van der Waals surface area contributed by atoms with Gasteiger partial charge >= 0.3 is 0 Å². The van der Waals surface area contributed by atoms with Gasteiger partial charge in [-0.25, -0.2) is 4.98 Å². The average molecular weight is 553 g/mol. The van der Waals surface area contributed by atoms with E-state index in [4.69, 9.17) is 32.9 Å². The fourth-order valence-corrected chi connectivity index (χ4v) is 4.98. The van der Waals surface area contributed by atoms with Crippen molar-refractivity contribution < 1.29 is 9.53 Å². The molecular formula is C31H35Cl2N3O2. The Kier molecular flexibility index (Phi) is 10.1. The Labute approximate surface area is 235 Å². The highest BCUT2D eigenvalue weighted by molar-refractivity contribution is 6.33. The number of amides is 1. The smallest absolute Gasteiger partial charge is 0.252 e. The molecule has 0 aliphatic heterocycles. The summed E-state index contributed by atoms with van der Waals surface area (Å²) in [5, 5.41) is 4.25. The van der Waals surface area contributed by atoms with Crippen LogP contribution >= 0.6 is 23.2 Å². The molecule has 1 amide bonds. The highest BCUT2D eigenvalue weighted by atomic mass is 35.5. The van der Waals surface area contributed by atoms with E-state index in [0.717, 1.165) is 78.3 Å². The van der Waals surface area contributed by atoms with Crippen LogP contribution in [0.1, 0.15) is 59.4 Å². The van der Waals surface area contributed by atoms with Gasteiger partial charge in [-0.2, -0.15) is 0 Å². The van der Waals surface area contributed by atoms with E-state index < -0.39 is 0 Å². The van der Waals surface area contributed by atoms with Crippen LogP contribution in [0.15, 0.2) is 60.7 Å². The van der Waals surface area contributed by atoms with Gasteiger partial charge in [-0.15, -0.1) is 0 Å². The van der Waals surface area contributed by atoms with Crippen LogP contribution in [0.4, 0.5) is 0 Å². The highest BCUT2D eigenvalue weighted by Crippen LogP contribution is 2.26. The van der Waals surface area contributed by atoms with Crippen molar-refractivity contribution in [1.82, 2.24) is 14.9 Å². The predicted octanol–water partition coefficient (Wildman–Crippen LogP) is 7.96. The molecule has 4 rings (SSSR count). The number of hydrogen-bond acceptors (Lipinski definition) is 3. The molecule has 0 bridgehead atoms. The summed E-state index contributed by atoms with van der Waals surface area (Å²) in [6.07, 6.45) is 5.82. The van der Waals surface area contributed by atoms with Crippen molar-refractivity contribution in [2.45, 2.75) is 58.9 Å². The first-order valence-corrected chi connectivity index (χ1v) is 14.1. The van der Waals surface area contributed by atoms with Gasteiger partial charge in [0, 0.05) is 24.5 Å². The van der Waals surface area contributed by atoms with E-state index in [2.05, 4.69) is 28.1 Å². The van der Waals surface area contributed by atoms with Gasteiger partial charge in [0.05, 0.1) is 28.2 Å². The van der Waals surface area contributed by atoms with Gasteiger partial charge in [-0.3, -0.25) is 4.79 Å². The van der Waals surface area contributed by atoms with Gasteiger partial charge in [-0.1, -0.05) is 53.9 Å². The van der Waals surface area contributed by atoms with Crippen LogP contribution < -0.4 is 10.1 Å². The molecule has 0 fully saturated rings. The molecule has 38 heavy (non-hydrogen) atoms. The van der Waals surface area contributed by atoms with Crippen LogP contribution in [-0.2, 0) is 13.0 Å². The number of carbonyl (C=O) groups excluding carboxylic acids is 1. The van der Waals surface area contributed by atoms with Gasteiger partial charge < -0.3 is 14.6 Å². The number of aromatic nitrogens is 2. The predicted molar refractivity (Wildman–Crippen MR) is 157 cm³/mol. The van der Waals surface area contributed by atoms with Crippen LogP contribution in [0.25, 0.3) is 11.0 Å². The molecule has 0 spiro atoms. The molecule has 3 aromatic carbocycles. The van der Waals surface area contributed by atoms with E-state index >= 15 is 0 Å². The van der Waals surface area contributed by atoms with E-state index in [0.29, 0.717) is 23.7 Å². The normalized spacial score (nSPS) is 11.2. The fourth-order valence-electron chi connectivity index (χ4n) is 4.64. The average Bonchev–Trinajstić information content (AvgIpc) is 3.26. The van der Waals surface area contributed by atoms with Crippen molar-refractivity contribution in [3.63, 3.8) is 0 Å². The number of rotatable bonds is 13. The van der Waals surface area contributed by atoms with Crippen LogP contribution in [0.2, 0.25) is 10.0 Å². The summed E-state index contributed by atoms with van der Waals surface area (Å²) in [6.45, 7) is 6.22. The molecule has 0 saturated carbocycles. The standard InChI is InChI=1S/C31H35Cl2N3O2/c1-22-20-24(21-23(2)30(22)33)38-19-11-10-18-36-28-15-8-7-14-27(28)35-29(36)16-4-3-9-17-34-31(37)25-12-5-6-13-26(25)32/h5-8,12-15,20-21H,3-4,9-11,16-19H2,1-2H3,(H,34,37). The van der Waals surface area contributed by atoms with Crippen LogP contribution in [0, 0.1) is 13.8 Å². The number of para-hydroxylation sites is 2. The molecule has 1 aromatic heterocycles. The minimum Gasteiger partial charge on any atom is -0.494 e. The molecule has 5 nitrogen and oxygen atoms in total. The lowest BCUT2D eigenvalue weighted by Crippen LogP contribution is -2.24. The number of fused-ring (bicyclic) bond motifs is 1. The summed E-state index contributed by atoms with van der Waals surface area (Å²) in [5.74, 6) is 1.88. The van der Waals surface area contributed by atoms with E-state index in [1.165, 1.54) is 5.52 Å². The molecule has 0 atom stereocenters. The van der Waals surface area contributed by atoms with Gasteiger partial charge in [0.25, 0.3) is 5.91 Å². The number of nitrogens with zero attached hydrogens (tertiary/aromatic N) is 2. The van der Waals surface area contributed by atoms with Gasteiger partial charge in [0.2, 0.25) is 0 Å². The van der Waals surface area contributed by atoms with Gasteiger partial charge in [0.15, 0.2) is 0 Å². The Morgan fingerprint density at radius 3 is 2.45 bits per heavy atom. The Hall–Kier alpha value is -3.02. The molecule has 200 valence electrons. The lowest BCUT2D eigenvalue weighted by Gasteiger charge is -2.12. The number of hydrogen-bond donors (Lipinski definition) is 1. The first kappa shape index (κ1) is 28.0. The molecule has 0 radical (unpaired) electrons. The third-order valence-corrected chi connectivity index (χ3v) is 7.60. The second-order valence-corrected chi connectivity index (χ2v) is 10.4. The van der Waals surface area contributed by atoms with Gasteiger partial charge in [0.1, 0.15) is 11.6 Å². The summed E-state index contributed by atoms with van der Waals surface area (Å²) >= 11 is 12.4. The number of imidazole rings is 1. The van der Waals surface area contributed by atoms with Crippen molar-refractivity contribution >= 4 is 40.1 Å². The van der Waals surface area contributed by atoms with E-state index in [9.17, 15) is 4.79 Å². The molecule has 0 aliphatic carbocycles. The lowest BCUT2D eigenvalue weighted by atomic mass is 10.1. The highest BCUT2D eigenvalue weighted by Gasteiger charge is 2.11. The second-order valence-electron chi connectivity index (χ2n) is 9.64. The zero-order valence-electron chi connectivity index (χ0n) is 22.1. The number of aryl methyl sites for hydroxylation is 4. The SMILES string of the molecule is Cc1cc(OCCCCn2c(CCCCCNC(=O)c3ccccc3Cl)nc3ccccc32)cc(C)c1Cl. The van der Waals surface area contributed by atoms with Gasteiger partial charge in [-0.05, 0) is 87.1 Å². The Balaban J connectivity index is 1.23. The lowest BCUT2D eigenvalue weighted by molar-refractivity contribution is 0.0953. The largest absolute Gasteiger partial charge is 0.494 e. The molecule has 7 heteroatoms.